The van der Waals surface area contributed by atoms with Crippen molar-refractivity contribution in [3.05, 3.63) is 11.7 Å². The van der Waals surface area contributed by atoms with E-state index in [1.54, 1.807) is 0 Å². The molecule has 1 aliphatic heterocycles. The van der Waals surface area contributed by atoms with E-state index in [1.165, 1.54) is 0 Å². The summed E-state index contributed by atoms with van der Waals surface area (Å²) in [7, 11) is 0. The van der Waals surface area contributed by atoms with Gasteiger partial charge in [0.15, 0.2) is 0 Å². The van der Waals surface area contributed by atoms with Gasteiger partial charge in [0.1, 0.15) is 0 Å². The van der Waals surface area contributed by atoms with Crippen LogP contribution in [-0.2, 0) is 0 Å². The Morgan fingerprint density at radius 2 is 2.09 bits per heavy atom. The van der Waals surface area contributed by atoms with Gasteiger partial charge in [-0.2, -0.15) is 8.78 Å². The molecule has 1 atom stereocenters. The Hall–Kier alpha value is -0.440. The number of nitrogens with zero attached hydrogens (tertiary/aromatic N) is 1. The third kappa shape index (κ3) is 1.43. The maximum absolute atomic E-state index is 12.0. The van der Waals surface area contributed by atoms with Gasteiger partial charge in [-0.1, -0.05) is 0 Å². The first-order valence-corrected chi connectivity index (χ1v) is 3.83. The average molecular weight is 161 g/mol. The maximum atomic E-state index is 12.0. The van der Waals surface area contributed by atoms with Gasteiger partial charge in [0, 0.05) is 24.2 Å². The molecular weight excluding hydrogens is 148 g/mol. The predicted octanol–water partition coefficient (Wildman–Crippen LogP) is 2.25. The summed E-state index contributed by atoms with van der Waals surface area (Å²) < 4.78 is 24.0. The van der Waals surface area contributed by atoms with Crippen LogP contribution in [0.5, 0.6) is 0 Å². The Labute approximate surface area is 65.7 Å². The standard InChI is InChI=1S/C8H13F2N/c1-5(2)11-4-7(6(11)3)8(9)10/h5-6H,4H2,1-3H3/t6-/m0/s1. The Morgan fingerprint density at radius 3 is 2.36 bits per heavy atom. The van der Waals surface area contributed by atoms with E-state index in [1.807, 2.05) is 25.7 Å². The number of likely N-dealkylation sites (tertiary alicyclic amines) is 1. The number of hydrogen-bond acceptors (Lipinski definition) is 1. The Morgan fingerprint density at radius 1 is 1.55 bits per heavy atom. The lowest BCUT2D eigenvalue weighted by molar-refractivity contribution is 0.121. The van der Waals surface area contributed by atoms with Crippen molar-refractivity contribution in [1.29, 1.82) is 0 Å². The van der Waals surface area contributed by atoms with Crippen molar-refractivity contribution in [1.82, 2.24) is 4.90 Å². The second kappa shape index (κ2) is 2.89. The molecule has 0 aromatic carbocycles. The third-order valence-corrected chi connectivity index (χ3v) is 2.26. The van der Waals surface area contributed by atoms with Gasteiger partial charge in [-0.15, -0.1) is 0 Å². The molecule has 0 unspecified atom stereocenters. The molecule has 0 radical (unpaired) electrons. The van der Waals surface area contributed by atoms with Crippen LogP contribution in [-0.4, -0.2) is 23.5 Å². The van der Waals surface area contributed by atoms with Crippen LogP contribution in [0, 0.1) is 0 Å². The van der Waals surface area contributed by atoms with Crippen LogP contribution in [0.4, 0.5) is 8.78 Å². The molecule has 0 amide bonds. The number of halogens is 2. The molecule has 1 nitrogen and oxygen atoms in total. The zero-order valence-corrected chi connectivity index (χ0v) is 7.06. The summed E-state index contributed by atoms with van der Waals surface area (Å²) in [5, 5.41) is 0. The highest BCUT2D eigenvalue weighted by molar-refractivity contribution is 5.22. The van der Waals surface area contributed by atoms with Crippen molar-refractivity contribution in [2.75, 3.05) is 6.54 Å². The highest BCUT2D eigenvalue weighted by Crippen LogP contribution is 2.29. The minimum absolute atomic E-state index is 0.0556. The monoisotopic (exact) mass is 161 g/mol. The molecule has 64 valence electrons. The summed E-state index contributed by atoms with van der Waals surface area (Å²) >= 11 is 0. The molecule has 1 fully saturated rings. The SMILES string of the molecule is CC(C)N1CC(=C(F)F)[C@@H]1C. The first-order chi connectivity index (χ1) is 5.04. The number of hydrogen-bond donors (Lipinski definition) is 0. The molecule has 3 heteroatoms. The first kappa shape index (κ1) is 8.65. The summed E-state index contributed by atoms with van der Waals surface area (Å²) in [6, 6.07) is 0.313. The van der Waals surface area contributed by atoms with Gasteiger partial charge in [-0.3, -0.25) is 4.90 Å². The lowest BCUT2D eigenvalue weighted by Gasteiger charge is -2.43. The molecule has 0 bridgehead atoms. The van der Waals surface area contributed by atoms with Gasteiger partial charge in [0.2, 0.25) is 0 Å². The normalized spacial score (nSPS) is 25.6. The molecule has 1 rings (SSSR count). The van der Waals surface area contributed by atoms with Crippen LogP contribution in [0.1, 0.15) is 20.8 Å². The van der Waals surface area contributed by atoms with Crippen LogP contribution in [0.3, 0.4) is 0 Å². The van der Waals surface area contributed by atoms with Gasteiger partial charge in [-0.25, -0.2) is 0 Å². The molecule has 11 heavy (non-hydrogen) atoms. The fourth-order valence-electron chi connectivity index (χ4n) is 1.40. The van der Waals surface area contributed by atoms with E-state index in [4.69, 9.17) is 0 Å². The van der Waals surface area contributed by atoms with Gasteiger partial charge in [0.05, 0.1) is 0 Å². The molecule has 0 aromatic rings. The first-order valence-electron chi connectivity index (χ1n) is 3.83. The van der Waals surface area contributed by atoms with Gasteiger partial charge < -0.3 is 0 Å². The van der Waals surface area contributed by atoms with Crippen LogP contribution in [0.15, 0.2) is 11.7 Å². The maximum Gasteiger partial charge on any atom is 0.272 e. The summed E-state index contributed by atoms with van der Waals surface area (Å²) in [6.07, 6.45) is -1.49. The molecule has 0 aromatic heterocycles. The number of rotatable bonds is 1. The lowest BCUT2D eigenvalue weighted by Crippen LogP contribution is -2.52. The average Bonchev–Trinajstić information content (AvgIpc) is 1.82. The Bertz CT molecular complexity index is 183. The molecule has 1 aliphatic rings. The van der Waals surface area contributed by atoms with Crippen LogP contribution in [0.25, 0.3) is 0 Å². The molecule has 0 N–H and O–H groups in total. The van der Waals surface area contributed by atoms with E-state index >= 15 is 0 Å². The second-order valence-electron chi connectivity index (χ2n) is 3.23. The van der Waals surface area contributed by atoms with E-state index in [0.29, 0.717) is 18.2 Å². The Balaban J connectivity index is 2.58. The summed E-state index contributed by atoms with van der Waals surface area (Å²) in [6.45, 7) is 6.30. The smallest absolute Gasteiger partial charge is 0.272 e. The summed E-state index contributed by atoms with van der Waals surface area (Å²) in [5.74, 6) is 0. The molecule has 1 saturated heterocycles. The van der Waals surface area contributed by atoms with Gasteiger partial charge >= 0.3 is 0 Å². The molecule has 0 saturated carbocycles. The van der Waals surface area contributed by atoms with E-state index in [0.717, 1.165) is 0 Å². The van der Waals surface area contributed by atoms with Gasteiger partial charge in [-0.05, 0) is 20.8 Å². The minimum atomic E-state index is -1.49. The van der Waals surface area contributed by atoms with Crippen molar-refractivity contribution in [3.8, 4) is 0 Å². The van der Waals surface area contributed by atoms with Crippen molar-refractivity contribution < 1.29 is 8.78 Å². The fraction of sp³-hybridized carbons (Fsp3) is 0.750. The molecule has 0 spiro atoms. The zero-order chi connectivity index (χ0) is 8.59. The van der Waals surface area contributed by atoms with E-state index in [2.05, 4.69) is 0 Å². The molecule has 0 aliphatic carbocycles. The van der Waals surface area contributed by atoms with Crippen molar-refractivity contribution in [2.45, 2.75) is 32.9 Å². The van der Waals surface area contributed by atoms with Crippen molar-refractivity contribution in [2.24, 2.45) is 0 Å². The Kier molecular flexibility index (Phi) is 2.28. The highest BCUT2D eigenvalue weighted by Gasteiger charge is 2.34. The van der Waals surface area contributed by atoms with Crippen LogP contribution >= 0.6 is 0 Å². The van der Waals surface area contributed by atoms with Crippen LogP contribution < -0.4 is 0 Å². The topological polar surface area (TPSA) is 3.24 Å². The predicted molar refractivity (Wildman–Crippen MR) is 40.5 cm³/mol. The van der Waals surface area contributed by atoms with Gasteiger partial charge in [0.25, 0.3) is 6.08 Å². The minimum Gasteiger partial charge on any atom is -0.290 e. The van der Waals surface area contributed by atoms with E-state index in [-0.39, 0.29) is 6.04 Å². The quantitative estimate of drug-likeness (QED) is 0.570. The highest BCUT2D eigenvalue weighted by atomic mass is 19.3. The van der Waals surface area contributed by atoms with E-state index < -0.39 is 6.08 Å². The third-order valence-electron chi connectivity index (χ3n) is 2.26. The second-order valence-corrected chi connectivity index (χ2v) is 3.23. The largest absolute Gasteiger partial charge is 0.290 e. The zero-order valence-electron chi connectivity index (χ0n) is 7.06. The van der Waals surface area contributed by atoms with Crippen molar-refractivity contribution in [3.63, 3.8) is 0 Å². The van der Waals surface area contributed by atoms with Crippen molar-refractivity contribution >= 4 is 0 Å². The fourth-order valence-corrected chi connectivity index (χ4v) is 1.40. The lowest BCUT2D eigenvalue weighted by atomic mass is 9.96. The summed E-state index contributed by atoms with van der Waals surface area (Å²) in [4.78, 5) is 2.04. The van der Waals surface area contributed by atoms with E-state index in [9.17, 15) is 8.78 Å². The van der Waals surface area contributed by atoms with Crippen LogP contribution in [0.2, 0.25) is 0 Å². The molecule has 1 heterocycles. The molecular formula is C8H13F2N. The summed E-state index contributed by atoms with van der Waals surface area (Å²) in [5.41, 5.74) is 0.304.